The lowest BCUT2D eigenvalue weighted by Crippen LogP contribution is -2.58. The molecule has 5 heterocycles. The van der Waals surface area contributed by atoms with Gasteiger partial charge in [0.15, 0.2) is 5.82 Å². The van der Waals surface area contributed by atoms with Crippen molar-refractivity contribution in [2.24, 2.45) is 24.6 Å². The molecule has 0 radical (unpaired) electrons. The molecule has 234 valence electrons. The molecule has 2 aliphatic heterocycles. The molecule has 5 aromatic rings. The van der Waals surface area contributed by atoms with Crippen LogP contribution in [-0.2, 0) is 13.6 Å². The number of halogens is 2. The second-order valence-electron chi connectivity index (χ2n) is 12.8. The van der Waals surface area contributed by atoms with Crippen LogP contribution in [0.3, 0.4) is 0 Å². The van der Waals surface area contributed by atoms with E-state index in [2.05, 4.69) is 9.97 Å². The molecule has 2 aromatic carbocycles. The summed E-state index contributed by atoms with van der Waals surface area (Å²) >= 11 is 0. The zero-order valence-corrected chi connectivity index (χ0v) is 25.5. The van der Waals surface area contributed by atoms with Crippen molar-refractivity contribution >= 4 is 27.8 Å². The third-order valence-electron chi connectivity index (χ3n) is 10.1. The van der Waals surface area contributed by atoms with E-state index in [1.165, 1.54) is 0 Å². The molecule has 2 bridgehead atoms. The van der Waals surface area contributed by atoms with Crippen LogP contribution in [0.15, 0.2) is 48.8 Å². The minimum atomic E-state index is -2.73. The topological polar surface area (TPSA) is 128 Å². The van der Waals surface area contributed by atoms with Gasteiger partial charge >= 0.3 is 0 Å². The maximum atomic E-state index is 14.4. The van der Waals surface area contributed by atoms with Gasteiger partial charge in [-0.3, -0.25) is 4.79 Å². The average molecular weight is 623 g/mol. The van der Waals surface area contributed by atoms with Crippen LogP contribution in [0.2, 0.25) is 0 Å². The van der Waals surface area contributed by atoms with Gasteiger partial charge in [-0.25, -0.2) is 23.7 Å². The number of methoxy groups -OCH3 is 1. The smallest absolute Gasteiger partial charge is 0.254 e. The van der Waals surface area contributed by atoms with E-state index in [0.717, 1.165) is 35.7 Å². The van der Waals surface area contributed by atoms with Crippen LogP contribution in [0.5, 0.6) is 5.75 Å². The van der Waals surface area contributed by atoms with Crippen molar-refractivity contribution in [3.8, 4) is 34.5 Å². The van der Waals surface area contributed by atoms with Gasteiger partial charge in [0, 0.05) is 79.0 Å². The van der Waals surface area contributed by atoms with Crippen LogP contribution in [0, 0.1) is 23.2 Å². The normalized spacial score (nSPS) is 23.2. The zero-order valence-electron chi connectivity index (χ0n) is 25.5. The monoisotopic (exact) mass is 622 g/mol. The Balaban J connectivity index is 1.27. The van der Waals surface area contributed by atoms with Crippen LogP contribution in [0.4, 0.5) is 8.78 Å². The number of nitrogens with two attached hydrogens (primary N) is 1. The number of alkyl halides is 2. The Kier molecular flexibility index (Phi) is 6.41. The Morgan fingerprint density at radius 3 is 2.61 bits per heavy atom. The highest BCUT2D eigenvalue weighted by atomic mass is 19.3. The molecule has 3 aromatic heterocycles. The molecule has 2 saturated carbocycles. The number of fused-ring (bicyclic) bond motifs is 5. The van der Waals surface area contributed by atoms with Crippen molar-refractivity contribution in [1.29, 1.82) is 5.26 Å². The lowest BCUT2D eigenvalue weighted by molar-refractivity contribution is 0.0261. The first-order valence-electron chi connectivity index (χ1n) is 15.5. The van der Waals surface area contributed by atoms with E-state index in [0.29, 0.717) is 51.9 Å². The van der Waals surface area contributed by atoms with E-state index >= 15 is 0 Å². The van der Waals surface area contributed by atoms with E-state index in [4.69, 9.17) is 15.5 Å². The van der Waals surface area contributed by atoms with Gasteiger partial charge in [-0.15, -0.1) is 0 Å². The standard InChI is InChI=1S/C34H32F2N8O2/c1-42-31-26(8-20(10-28(31)46-2)33(45)43-16-19-6-7-23(43)11-25(19)38)41-32(42)27-9-18-4-3-5-24(21-14-39-29(13-37)40-15-21)30(18)44(27)17-22-12-34(22,35)36/h3-5,8-10,14-15,19,22-23,25H,6-7,11-12,16-17,38H2,1-2H3/t19-,22?,23-,25+/m1/s1. The first-order chi connectivity index (χ1) is 22.2. The van der Waals surface area contributed by atoms with E-state index < -0.39 is 11.8 Å². The van der Waals surface area contributed by atoms with E-state index in [-0.39, 0.29) is 36.8 Å². The predicted molar refractivity (Wildman–Crippen MR) is 167 cm³/mol. The molecule has 2 aliphatic carbocycles. The molecule has 1 unspecified atom stereocenters. The minimum absolute atomic E-state index is 0.0486. The highest BCUT2D eigenvalue weighted by Gasteiger charge is 2.57. The number of nitriles is 1. The number of hydrogen-bond acceptors (Lipinski definition) is 7. The summed E-state index contributed by atoms with van der Waals surface area (Å²) in [6.45, 7) is 0.737. The number of piperidine rings is 2. The average Bonchev–Trinajstić information content (AvgIpc) is 3.34. The first kappa shape index (κ1) is 28.6. The van der Waals surface area contributed by atoms with E-state index in [1.807, 2.05) is 51.4 Å². The second-order valence-corrected chi connectivity index (χ2v) is 12.8. The SMILES string of the molecule is COc1cc(C(=O)N2C[C@H]3CC[C@@H]2C[C@@H]3N)cc2nc(-c3cc4cccc(-c5cnc(C#N)nc5)c4n3CC3CC3(F)F)n(C)c12. The van der Waals surface area contributed by atoms with Crippen LogP contribution in [0.25, 0.3) is 44.6 Å². The Bertz CT molecular complexity index is 2080. The largest absolute Gasteiger partial charge is 0.494 e. The molecule has 4 aliphatic rings. The molecule has 0 spiro atoms. The Morgan fingerprint density at radius 2 is 1.96 bits per heavy atom. The van der Waals surface area contributed by atoms with Gasteiger partial charge in [-0.2, -0.15) is 5.26 Å². The number of aryl methyl sites for hydroxylation is 1. The number of ether oxygens (including phenoxy) is 1. The number of rotatable bonds is 6. The Hall–Kier alpha value is -4.89. The molecule has 12 heteroatoms. The van der Waals surface area contributed by atoms with Crippen LogP contribution in [-0.4, -0.2) is 66.6 Å². The van der Waals surface area contributed by atoms with Crippen LogP contribution < -0.4 is 10.5 Å². The maximum Gasteiger partial charge on any atom is 0.254 e. The molecule has 2 saturated heterocycles. The number of benzene rings is 2. The summed E-state index contributed by atoms with van der Waals surface area (Å²) in [6, 6.07) is 13.4. The summed E-state index contributed by atoms with van der Waals surface area (Å²) in [5.41, 5.74) is 10.9. The van der Waals surface area contributed by atoms with E-state index in [1.54, 1.807) is 31.6 Å². The lowest BCUT2D eigenvalue weighted by Gasteiger charge is -2.48. The second kappa shape index (κ2) is 10.3. The van der Waals surface area contributed by atoms with Crippen LogP contribution >= 0.6 is 0 Å². The van der Waals surface area contributed by atoms with Gasteiger partial charge < -0.3 is 24.5 Å². The highest BCUT2D eigenvalue weighted by Crippen LogP contribution is 2.51. The highest BCUT2D eigenvalue weighted by molar-refractivity contribution is 6.01. The quantitative estimate of drug-likeness (QED) is 0.278. The molecule has 10 nitrogen and oxygen atoms in total. The molecule has 1 amide bonds. The number of hydrogen-bond donors (Lipinski definition) is 1. The minimum Gasteiger partial charge on any atom is -0.494 e. The van der Waals surface area contributed by atoms with Gasteiger partial charge in [-0.05, 0) is 43.4 Å². The van der Waals surface area contributed by atoms with Crippen LogP contribution in [0.1, 0.15) is 41.9 Å². The molecule has 2 N–H and O–H groups in total. The summed E-state index contributed by atoms with van der Waals surface area (Å²) in [4.78, 5) is 29.1. The first-order valence-corrected chi connectivity index (χ1v) is 15.5. The predicted octanol–water partition coefficient (Wildman–Crippen LogP) is 5.14. The van der Waals surface area contributed by atoms with Crippen molar-refractivity contribution in [3.05, 3.63) is 60.2 Å². The summed E-state index contributed by atoms with van der Waals surface area (Å²) in [7, 11) is 3.43. The molecular weight excluding hydrogens is 590 g/mol. The van der Waals surface area contributed by atoms with Gasteiger partial charge in [0.05, 0.1) is 23.8 Å². The van der Waals surface area contributed by atoms with Crippen molar-refractivity contribution < 1.29 is 18.3 Å². The third-order valence-corrected chi connectivity index (χ3v) is 10.1. The number of para-hydroxylation sites is 1. The molecule has 4 fully saturated rings. The fourth-order valence-electron chi connectivity index (χ4n) is 7.54. The lowest BCUT2D eigenvalue weighted by atomic mass is 9.76. The molecule has 46 heavy (non-hydrogen) atoms. The summed E-state index contributed by atoms with van der Waals surface area (Å²) in [5.74, 6) is -2.18. The van der Waals surface area contributed by atoms with Gasteiger partial charge in [0.1, 0.15) is 17.3 Å². The molecular formula is C34H32F2N8O2. The number of aromatic nitrogens is 5. The van der Waals surface area contributed by atoms with Crippen molar-refractivity contribution in [1.82, 2.24) is 29.0 Å². The number of amides is 1. The maximum absolute atomic E-state index is 14.4. The van der Waals surface area contributed by atoms with Gasteiger partial charge in [0.2, 0.25) is 5.82 Å². The molecule has 4 atom stereocenters. The van der Waals surface area contributed by atoms with E-state index in [9.17, 15) is 18.8 Å². The summed E-state index contributed by atoms with van der Waals surface area (Å²) in [6.07, 6.45) is 5.78. The number of imidazole rings is 1. The Morgan fingerprint density at radius 1 is 1.17 bits per heavy atom. The van der Waals surface area contributed by atoms with Crippen molar-refractivity contribution in [2.75, 3.05) is 13.7 Å². The number of carbonyl (C=O) groups is 1. The molecule has 9 rings (SSSR count). The van der Waals surface area contributed by atoms with Crippen molar-refractivity contribution in [3.63, 3.8) is 0 Å². The third kappa shape index (κ3) is 4.44. The fraction of sp³-hybridized carbons (Fsp3) is 0.382. The Labute approximate surface area is 263 Å². The summed E-state index contributed by atoms with van der Waals surface area (Å²) < 4.78 is 38.4. The van der Waals surface area contributed by atoms with Gasteiger partial charge in [0.25, 0.3) is 11.8 Å². The zero-order chi connectivity index (χ0) is 31.9. The number of carbonyl (C=O) groups excluding carboxylic acids is 1. The fourth-order valence-corrected chi connectivity index (χ4v) is 7.54. The summed E-state index contributed by atoms with van der Waals surface area (Å²) in [5, 5.41) is 10.0. The van der Waals surface area contributed by atoms with Gasteiger partial charge in [-0.1, -0.05) is 18.2 Å². The van der Waals surface area contributed by atoms with Crippen molar-refractivity contribution in [2.45, 2.75) is 50.2 Å². The number of nitrogens with zero attached hydrogens (tertiary/aromatic N) is 7.